The van der Waals surface area contributed by atoms with Gasteiger partial charge in [0.1, 0.15) is 0 Å². The van der Waals surface area contributed by atoms with Crippen molar-refractivity contribution in [3.8, 4) is 0 Å². The minimum atomic E-state index is -0.149. The van der Waals surface area contributed by atoms with E-state index in [0.29, 0.717) is 0 Å². The first kappa shape index (κ1) is 12.9. The highest BCUT2D eigenvalue weighted by Crippen LogP contribution is 2.00. The van der Waals surface area contributed by atoms with Crippen LogP contribution in [0.2, 0.25) is 0 Å². The summed E-state index contributed by atoms with van der Waals surface area (Å²) in [6.45, 7) is 4.72. The Hall–Kier alpha value is -0.120. The molecule has 0 saturated heterocycles. The van der Waals surface area contributed by atoms with Crippen molar-refractivity contribution in [2.75, 3.05) is 33.9 Å². The van der Waals surface area contributed by atoms with Crippen LogP contribution in [0.5, 0.6) is 0 Å². The summed E-state index contributed by atoms with van der Waals surface area (Å²) >= 11 is 0. The minimum Gasteiger partial charge on any atom is -0.393 e. The van der Waals surface area contributed by atoms with Crippen molar-refractivity contribution in [2.45, 2.75) is 32.3 Å². The average molecular weight is 189 g/mol. The molecule has 0 aromatic carbocycles. The maximum Gasteiger partial charge on any atom is 0.0589 e. The predicted octanol–water partition coefficient (Wildman–Crippen LogP) is 1.12. The van der Waals surface area contributed by atoms with Gasteiger partial charge in [0.25, 0.3) is 0 Å². The van der Waals surface area contributed by atoms with Gasteiger partial charge in [-0.2, -0.15) is 0 Å². The highest BCUT2D eigenvalue weighted by molar-refractivity contribution is 4.53. The molecule has 0 aliphatic rings. The van der Waals surface area contributed by atoms with Gasteiger partial charge in [-0.05, 0) is 39.8 Å². The van der Waals surface area contributed by atoms with E-state index in [1.165, 1.54) is 0 Å². The van der Waals surface area contributed by atoms with Crippen LogP contribution in [0.25, 0.3) is 0 Å². The maximum absolute atomic E-state index is 9.03. The second kappa shape index (κ2) is 8.48. The molecule has 0 radical (unpaired) electrons. The molecule has 0 rings (SSSR count). The number of aliphatic hydroxyl groups excluding tert-OH is 1. The molecule has 1 N–H and O–H groups in total. The van der Waals surface area contributed by atoms with Crippen molar-refractivity contribution < 1.29 is 9.84 Å². The van der Waals surface area contributed by atoms with E-state index in [4.69, 9.17) is 9.84 Å². The van der Waals surface area contributed by atoms with E-state index < -0.39 is 0 Å². The Labute approximate surface area is 81.7 Å². The summed E-state index contributed by atoms with van der Waals surface area (Å²) < 4.78 is 4.98. The van der Waals surface area contributed by atoms with E-state index in [0.717, 1.165) is 39.0 Å². The molecule has 3 nitrogen and oxygen atoms in total. The lowest BCUT2D eigenvalue weighted by Gasteiger charge is -2.15. The van der Waals surface area contributed by atoms with Crippen LogP contribution in [0, 0.1) is 0 Å². The molecule has 0 aromatic rings. The van der Waals surface area contributed by atoms with Crippen molar-refractivity contribution in [3.05, 3.63) is 0 Å². The molecule has 0 amide bonds. The van der Waals surface area contributed by atoms with Crippen molar-refractivity contribution in [2.24, 2.45) is 0 Å². The van der Waals surface area contributed by atoms with Crippen molar-refractivity contribution >= 4 is 0 Å². The topological polar surface area (TPSA) is 32.7 Å². The molecule has 0 aliphatic carbocycles. The first-order chi connectivity index (χ1) is 6.16. The summed E-state index contributed by atoms with van der Waals surface area (Å²) in [6.07, 6.45) is 3.03. The molecular formula is C10H23NO2. The maximum atomic E-state index is 9.03. The number of hydrogen-bond acceptors (Lipinski definition) is 3. The van der Waals surface area contributed by atoms with Gasteiger partial charge in [0.05, 0.1) is 12.7 Å². The van der Waals surface area contributed by atoms with Crippen LogP contribution in [0.1, 0.15) is 26.2 Å². The van der Waals surface area contributed by atoms with Gasteiger partial charge in [-0.25, -0.2) is 0 Å². The van der Waals surface area contributed by atoms with Crippen LogP contribution in [-0.4, -0.2) is 50.0 Å². The van der Waals surface area contributed by atoms with E-state index in [9.17, 15) is 0 Å². The zero-order valence-corrected chi connectivity index (χ0v) is 9.12. The van der Waals surface area contributed by atoms with Crippen LogP contribution in [0.4, 0.5) is 0 Å². The molecule has 0 bridgehead atoms. The summed E-state index contributed by atoms with van der Waals surface area (Å²) in [4.78, 5) is 2.26. The molecule has 0 aromatic heterocycles. The van der Waals surface area contributed by atoms with Crippen molar-refractivity contribution in [3.63, 3.8) is 0 Å². The number of unbranched alkanes of at least 4 members (excludes halogenated alkanes) is 1. The van der Waals surface area contributed by atoms with Gasteiger partial charge in [-0.1, -0.05) is 0 Å². The molecule has 0 aliphatic heterocycles. The van der Waals surface area contributed by atoms with Gasteiger partial charge in [0.15, 0.2) is 0 Å². The monoisotopic (exact) mass is 189 g/mol. The lowest BCUT2D eigenvalue weighted by Crippen LogP contribution is -2.24. The van der Waals surface area contributed by atoms with E-state index in [1.807, 2.05) is 6.92 Å². The summed E-state index contributed by atoms with van der Waals surface area (Å²) in [5.74, 6) is 0. The fraction of sp³-hybridized carbons (Fsp3) is 1.00. The van der Waals surface area contributed by atoms with Crippen LogP contribution < -0.4 is 0 Å². The lowest BCUT2D eigenvalue weighted by molar-refractivity contribution is 0.156. The number of methoxy groups -OCH3 is 1. The molecular weight excluding hydrogens is 166 g/mol. The molecule has 80 valence electrons. The SMILES string of the molecule is COCCN(C)CCCCC(C)O. The fourth-order valence-corrected chi connectivity index (χ4v) is 1.18. The summed E-state index contributed by atoms with van der Waals surface area (Å²) in [6, 6.07) is 0. The summed E-state index contributed by atoms with van der Waals surface area (Å²) in [5, 5.41) is 9.03. The zero-order valence-electron chi connectivity index (χ0n) is 9.12. The van der Waals surface area contributed by atoms with Crippen molar-refractivity contribution in [1.29, 1.82) is 0 Å². The smallest absolute Gasteiger partial charge is 0.0589 e. The standard InChI is InChI=1S/C10H23NO2/c1-10(12)6-4-5-7-11(2)8-9-13-3/h10,12H,4-9H2,1-3H3. The van der Waals surface area contributed by atoms with E-state index in [-0.39, 0.29) is 6.10 Å². The van der Waals surface area contributed by atoms with Gasteiger partial charge in [-0.15, -0.1) is 0 Å². The number of hydrogen-bond donors (Lipinski definition) is 1. The molecule has 0 spiro atoms. The number of likely N-dealkylation sites (N-methyl/N-ethyl adjacent to an activating group) is 1. The summed E-state index contributed by atoms with van der Waals surface area (Å²) in [5.41, 5.74) is 0. The Morgan fingerprint density at radius 2 is 2.00 bits per heavy atom. The Morgan fingerprint density at radius 3 is 2.54 bits per heavy atom. The second-order valence-electron chi connectivity index (χ2n) is 3.64. The van der Waals surface area contributed by atoms with E-state index in [2.05, 4.69) is 11.9 Å². The highest BCUT2D eigenvalue weighted by Gasteiger charge is 1.99. The number of nitrogens with zero attached hydrogens (tertiary/aromatic N) is 1. The highest BCUT2D eigenvalue weighted by atomic mass is 16.5. The molecule has 3 heteroatoms. The lowest BCUT2D eigenvalue weighted by atomic mass is 10.2. The average Bonchev–Trinajstić information content (AvgIpc) is 2.08. The van der Waals surface area contributed by atoms with Crippen LogP contribution >= 0.6 is 0 Å². The van der Waals surface area contributed by atoms with Crippen molar-refractivity contribution in [1.82, 2.24) is 4.90 Å². The van der Waals surface area contributed by atoms with Gasteiger partial charge >= 0.3 is 0 Å². The van der Waals surface area contributed by atoms with Gasteiger partial charge in [0.2, 0.25) is 0 Å². The Balaban J connectivity index is 3.12. The third-order valence-electron chi connectivity index (χ3n) is 2.09. The number of ether oxygens (including phenoxy) is 1. The zero-order chi connectivity index (χ0) is 10.1. The first-order valence-electron chi connectivity index (χ1n) is 5.02. The quantitative estimate of drug-likeness (QED) is 0.581. The van der Waals surface area contributed by atoms with Crippen LogP contribution in [0.15, 0.2) is 0 Å². The molecule has 0 saturated carbocycles. The molecule has 13 heavy (non-hydrogen) atoms. The molecule has 0 heterocycles. The number of aliphatic hydroxyl groups is 1. The Kier molecular flexibility index (Phi) is 8.40. The predicted molar refractivity (Wildman–Crippen MR) is 54.9 cm³/mol. The van der Waals surface area contributed by atoms with Gasteiger partial charge in [-0.3, -0.25) is 0 Å². The molecule has 1 unspecified atom stereocenters. The van der Waals surface area contributed by atoms with Gasteiger partial charge < -0.3 is 14.7 Å². The fourth-order valence-electron chi connectivity index (χ4n) is 1.18. The molecule has 0 fully saturated rings. The van der Waals surface area contributed by atoms with E-state index >= 15 is 0 Å². The Morgan fingerprint density at radius 1 is 1.31 bits per heavy atom. The normalized spacial score (nSPS) is 13.6. The summed E-state index contributed by atoms with van der Waals surface area (Å²) in [7, 11) is 3.82. The third kappa shape index (κ3) is 9.80. The van der Waals surface area contributed by atoms with Crippen LogP contribution in [0.3, 0.4) is 0 Å². The minimum absolute atomic E-state index is 0.149. The molecule has 1 atom stereocenters. The van der Waals surface area contributed by atoms with Gasteiger partial charge in [0, 0.05) is 13.7 Å². The second-order valence-corrected chi connectivity index (χ2v) is 3.64. The Bertz CT molecular complexity index is 107. The largest absolute Gasteiger partial charge is 0.393 e. The van der Waals surface area contributed by atoms with Crippen LogP contribution in [-0.2, 0) is 4.74 Å². The third-order valence-corrected chi connectivity index (χ3v) is 2.09. The number of rotatable bonds is 8. The van der Waals surface area contributed by atoms with E-state index in [1.54, 1.807) is 7.11 Å². The first-order valence-corrected chi connectivity index (χ1v) is 5.02.